The summed E-state index contributed by atoms with van der Waals surface area (Å²) in [6.45, 7) is 1.85. The van der Waals surface area contributed by atoms with Crippen molar-refractivity contribution in [3.63, 3.8) is 0 Å². The van der Waals surface area contributed by atoms with Crippen LogP contribution in [0.5, 0.6) is 11.5 Å². The quantitative estimate of drug-likeness (QED) is 0.501. The van der Waals surface area contributed by atoms with Gasteiger partial charge in [-0.2, -0.15) is 0 Å². The van der Waals surface area contributed by atoms with E-state index in [1.807, 2.05) is 6.92 Å². The molecular formula is C20H20N4O5S. The fourth-order valence-corrected chi connectivity index (χ4v) is 4.10. The number of imidazole rings is 1. The van der Waals surface area contributed by atoms with E-state index in [0.29, 0.717) is 28.0 Å². The summed E-state index contributed by atoms with van der Waals surface area (Å²) in [5, 5.41) is 5.89. The third-order valence-corrected chi connectivity index (χ3v) is 6.05. The molecule has 0 aliphatic heterocycles. The summed E-state index contributed by atoms with van der Waals surface area (Å²) in [5.74, 6) is 1.05. The summed E-state index contributed by atoms with van der Waals surface area (Å²) >= 11 is 0. The number of hydrogen-bond acceptors (Lipinski definition) is 6. The average Bonchev–Trinajstić information content (AvgIpc) is 3.07. The number of H-pyrrole nitrogens is 1. The Labute approximate surface area is 172 Å². The SMILES string of the molecule is COc1cc2ncc3[nH]c(=O)n([C@@H](C)c4ccc(S(N)(=O)=O)cc4)c3c2cc1OC. The van der Waals surface area contributed by atoms with Crippen molar-refractivity contribution < 1.29 is 17.9 Å². The topological polar surface area (TPSA) is 129 Å². The molecule has 3 N–H and O–H groups in total. The summed E-state index contributed by atoms with van der Waals surface area (Å²) in [6.07, 6.45) is 1.60. The number of aromatic amines is 1. The molecule has 9 nitrogen and oxygen atoms in total. The monoisotopic (exact) mass is 428 g/mol. The Morgan fingerprint density at radius 2 is 1.73 bits per heavy atom. The van der Waals surface area contributed by atoms with E-state index < -0.39 is 10.0 Å². The van der Waals surface area contributed by atoms with E-state index in [4.69, 9.17) is 14.6 Å². The summed E-state index contributed by atoms with van der Waals surface area (Å²) in [4.78, 5) is 20.1. The molecule has 0 amide bonds. The smallest absolute Gasteiger partial charge is 0.327 e. The number of fused-ring (bicyclic) bond motifs is 3. The Kier molecular flexibility index (Phi) is 4.75. The van der Waals surface area contributed by atoms with Gasteiger partial charge in [0.2, 0.25) is 10.0 Å². The summed E-state index contributed by atoms with van der Waals surface area (Å²) < 4.78 is 35.4. The number of ether oxygens (including phenoxy) is 2. The molecule has 0 bridgehead atoms. The highest BCUT2D eigenvalue weighted by Gasteiger charge is 2.20. The van der Waals surface area contributed by atoms with Crippen LogP contribution >= 0.6 is 0 Å². The highest BCUT2D eigenvalue weighted by Crippen LogP contribution is 2.35. The zero-order valence-corrected chi connectivity index (χ0v) is 17.4. The molecule has 0 fully saturated rings. The molecule has 0 aliphatic carbocycles. The molecule has 1 atom stereocenters. The number of rotatable bonds is 5. The van der Waals surface area contributed by atoms with Crippen LogP contribution in [-0.2, 0) is 10.0 Å². The van der Waals surface area contributed by atoms with Gasteiger partial charge in [-0.1, -0.05) is 12.1 Å². The van der Waals surface area contributed by atoms with Crippen LogP contribution in [0.2, 0.25) is 0 Å². The van der Waals surface area contributed by atoms with E-state index in [-0.39, 0.29) is 16.6 Å². The van der Waals surface area contributed by atoms with Crippen molar-refractivity contribution in [2.45, 2.75) is 17.9 Å². The zero-order chi connectivity index (χ0) is 21.6. The van der Waals surface area contributed by atoms with E-state index in [1.165, 1.54) is 19.2 Å². The predicted molar refractivity (Wildman–Crippen MR) is 113 cm³/mol. The lowest BCUT2D eigenvalue weighted by Gasteiger charge is -2.16. The molecule has 2 aromatic heterocycles. The van der Waals surface area contributed by atoms with Gasteiger partial charge >= 0.3 is 5.69 Å². The molecular weight excluding hydrogens is 408 g/mol. The lowest BCUT2D eigenvalue weighted by atomic mass is 10.1. The van der Waals surface area contributed by atoms with Crippen LogP contribution in [0.25, 0.3) is 21.9 Å². The number of pyridine rings is 1. The molecule has 2 heterocycles. The Balaban J connectivity index is 1.95. The van der Waals surface area contributed by atoms with Gasteiger partial charge in [-0.05, 0) is 30.7 Å². The number of primary sulfonamides is 1. The van der Waals surface area contributed by atoms with Crippen molar-refractivity contribution in [3.05, 3.63) is 58.6 Å². The van der Waals surface area contributed by atoms with E-state index in [1.54, 1.807) is 42.1 Å². The van der Waals surface area contributed by atoms with E-state index in [9.17, 15) is 13.2 Å². The van der Waals surface area contributed by atoms with Crippen LogP contribution in [0.4, 0.5) is 0 Å². The fourth-order valence-electron chi connectivity index (χ4n) is 3.59. The van der Waals surface area contributed by atoms with Gasteiger partial charge in [-0.25, -0.2) is 18.4 Å². The predicted octanol–water partition coefficient (Wildman–Crippen LogP) is 2.15. The minimum atomic E-state index is -3.79. The molecule has 0 aliphatic rings. The maximum Gasteiger partial charge on any atom is 0.327 e. The van der Waals surface area contributed by atoms with E-state index in [0.717, 1.165) is 10.9 Å². The zero-order valence-electron chi connectivity index (χ0n) is 16.5. The van der Waals surface area contributed by atoms with Crippen molar-refractivity contribution in [3.8, 4) is 11.5 Å². The summed E-state index contributed by atoms with van der Waals surface area (Å²) in [6, 6.07) is 9.28. The van der Waals surface area contributed by atoms with Gasteiger partial charge in [0.05, 0.1) is 47.9 Å². The second kappa shape index (κ2) is 7.15. The maximum atomic E-state index is 12.8. The van der Waals surface area contributed by atoms with Crippen molar-refractivity contribution in [1.82, 2.24) is 14.5 Å². The standard InChI is InChI=1S/C20H20N4O5S/c1-11(12-4-6-13(7-5-12)30(21,26)27)24-19-14-8-17(28-2)18(29-3)9-15(14)22-10-16(19)23-20(24)25/h4-11H,1-3H3,(H,23,25)(H2,21,26,27)/t11-/m0/s1. The normalized spacial score (nSPS) is 12.9. The van der Waals surface area contributed by atoms with Gasteiger partial charge < -0.3 is 14.5 Å². The number of benzene rings is 2. The van der Waals surface area contributed by atoms with E-state index >= 15 is 0 Å². The molecule has 4 rings (SSSR count). The number of aromatic nitrogens is 3. The number of hydrogen-bond donors (Lipinski definition) is 2. The van der Waals surface area contributed by atoms with Crippen LogP contribution < -0.4 is 20.3 Å². The number of methoxy groups -OCH3 is 2. The minimum Gasteiger partial charge on any atom is -0.493 e. The first-order chi connectivity index (χ1) is 14.2. The van der Waals surface area contributed by atoms with Gasteiger partial charge in [0.15, 0.2) is 11.5 Å². The van der Waals surface area contributed by atoms with Crippen LogP contribution in [0.1, 0.15) is 18.5 Å². The molecule has 4 aromatic rings. The second-order valence-corrected chi connectivity index (χ2v) is 8.40. The highest BCUT2D eigenvalue weighted by molar-refractivity contribution is 7.89. The van der Waals surface area contributed by atoms with Crippen LogP contribution in [0.3, 0.4) is 0 Å². The molecule has 0 saturated heterocycles. The van der Waals surface area contributed by atoms with Crippen LogP contribution in [0.15, 0.2) is 52.3 Å². The summed E-state index contributed by atoms with van der Waals surface area (Å²) in [5.41, 5.74) is 2.32. The fraction of sp³-hybridized carbons (Fsp3) is 0.200. The number of nitrogens with zero attached hydrogens (tertiary/aromatic N) is 2. The largest absolute Gasteiger partial charge is 0.493 e. The number of sulfonamides is 1. The number of nitrogens with two attached hydrogens (primary N) is 1. The Morgan fingerprint density at radius 1 is 1.10 bits per heavy atom. The third-order valence-electron chi connectivity index (χ3n) is 5.12. The molecule has 10 heteroatoms. The third kappa shape index (κ3) is 3.19. The molecule has 2 aromatic carbocycles. The Bertz CT molecular complexity index is 1420. The minimum absolute atomic E-state index is 0.0104. The second-order valence-electron chi connectivity index (χ2n) is 6.83. The molecule has 0 spiro atoms. The Hall–Kier alpha value is -3.37. The van der Waals surface area contributed by atoms with Crippen LogP contribution in [0, 0.1) is 0 Å². The maximum absolute atomic E-state index is 12.8. The van der Waals surface area contributed by atoms with Gasteiger partial charge in [-0.3, -0.25) is 9.55 Å². The Morgan fingerprint density at radius 3 is 2.33 bits per heavy atom. The lowest BCUT2D eigenvalue weighted by molar-refractivity contribution is 0.356. The number of nitrogens with one attached hydrogen (secondary N) is 1. The first-order valence-electron chi connectivity index (χ1n) is 9.02. The van der Waals surface area contributed by atoms with Gasteiger partial charge in [0.25, 0.3) is 0 Å². The first kappa shape index (κ1) is 19.9. The lowest BCUT2D eigenvalue weighted by Crippen LogP contribution is -2.21. The molecule has 0 radical (unpaired) electrons. The van der Waals surface area contributed by atoms with Crippen molar-refractivity contribution in [2.24, 2.45) is 5.14 Å². The summed E-state index contributed by atoms with van der Waals surface area (Å²) in [7, 11) is -0.712. The highest BCUT2D eigenvalue weighted by atomic mass is 32.2. The molecule has 156 valence electrons. The first-order valence-corrected chi connectivity index (χ1v) is 10.6. The molecule has 30 heavy (non-hydrogen) atoms. The van der Waals surface area contributed by atoms with Crippen molar-refractivity contribution in [2.75, 3.05) is 14.2 Å². The van der Waals surface area contributed by atoms with Gasteiger partial charge in [0.1, 0.15) is 0 Å². The van der Waals surface area contributed by atoms with Crippen molar-refractivity contribution >= 4 is 32.0 Å². The van der Waals surface area contributed by atoms with Gasteiger partial charge in [0, 0.05) is 11.5 Å². The van der Waals surface area contributed by atoms with E-state index in [2.05, 4.69) is 9.97 Å². The molecule has 0 saturated carbocycles. The average molecular weight is 428 g/mol. The van der Waals surface area contributed by atoms with Crippen LogP contribution in [-0.4, -0.2) is 37.2 Å². The van der Waals surface area contributed by atoms with Crippen molar-refractivity contribution in [1.29, 1.82) is 0 Å². The molecule has 0 unspecified atom stereocenters. The van der Waals surface area contributed by atoms with Gasteiger partial charge in [-0.15, -0.1) is 0 Å².